The molecule has 1 aliphatic rings. The highest BCUT2D eigenvalue weighted by molar-refractivity contribution is 5.47. The van der Waals surface area contributed by atoms with Crippen LogP contribution in [-0.4, -0.2) is 23.9 Å². The van der Waals surface area contributed by atoms with Crippen molar-refractivity contribution in [1.29, 1.82) is 0 Å². The van der Waals surface area contributed by atoms with Crippen LogP contribution in [0.1, 0.15) is 25.8 Å². The fraction of sp³-hybridized carbons (Fsp3) is 0.538. The smallest absolute Gasteiger partial charge is 0.160 e. The molecule has 2 N–H and O–H groups in total. The Hall–Kier alpha value is -1.22. The second-order valence-corrected chi connectivity index (χ2v) is 5.19. The van der Waals surface area contributed by atoms with Gasteiger partial charge in [0.15, 0.2) is 11.5 Å². The van der Waals surface area contributed by atoms with E-state index in [9.17, 15) is 10.2 Å². The predicted octanol–water partition coefficient (Wildman–Crippen LogP) is 2.06. The summed E-state index contributed by atoms with van der Waals surface area (Å²) in [5, 5.41) is 19.3. The fourth-order valence-corrected chi connectivity index (χ4v) is 2.55. The molecular weight excluding hydrogens is 204 g/mol. The summed E-state index contributed by atoms with van der Waals surface area (Å²) >= 11 is 0. The largest absolute Gasteiger partial charge is 0.504 e. The monoisotopic (exact) mass is 222 g/mol. The van der Waals surface area contributed by atoms with Crippen molar-refractivity contribution < 1.29 is 14.9 Å². The van der Waals surface area contributed by atoms with Gasteiger partial charge < -0.3 is 14.9 Å². The SMILES string of the molecule is COc1ccc(C2(CO)CC2(C)C)cc1O. The summed E-state index contributed by atoms with van der Waals surface area (Å²) in [4.78, 5) is 0. The highest BCUT2D eigenvalue weighted by Crippen LogP contribution is 2.64. The van der Waals surface area contributed by atoms with Crippen LogP contribution in [0.15, 0.2) is 18.2 Å². The summed E-state index contributed by atoms with van der Waals surface area (Å²) in [5.74, 6) is 0.603. The van der Waals surface area contributed by atoms with E-state index in [4.69, 9.17) is 4.74 Å². The van der Waals surface area contributed by atoms with Crippen LogP contribution in [0.25, 0.3) is 0 Å². The van der Waals surface area contributed by atoms with E-state index >= 15 is 0 Å². The van der Waals surface area contributed by atoms with Crippen LogP contribution in [0.4, 0.5) is 0 Å². The topological polar surface area (TPSA) is 49.7 Å². The Bertz CT molecular complexity index is 412. The Morgan fingerprint density at radius 2 is 2.00 bits per heavy atom. The maximum Gasteiger partial charge on any atom is 0.160 e. The van der Waals surface area contributed by atoms with Crippen LogP contribution in [0, 0.1) is 5.41 Å². The number of phenols is 1. The number of phenolic OH excluding ortho intramolecular Hbond substituents is 1. The summed E-state index contributed by atoms with van der Waals surface area (Å²) in [5.41, 5.74) is 0.887. The minimum atomic E-state index is -0.198. The van der Waals surface area contributed by atoms with Gasteiger partial charge in [-0.1, -0.05) is 19.9 Å². The lowest BCUT2D eigenvalue weighted by atomic mass is 9.88. The lowest BCUT2D eigenvalue weighted by Crippen LogP contribution is -2.19. The molecule has 1 fully saturated rings. The second kappa shape index (κ2) is 3.39. The Labute approximate surface area is 95.7 Å². The third-order valence-electron chi connectivity index (χ3n) is 3.92. The third kappa shape index (κ3) is 1.39. The van der Waals surface area contributed by atoms with E-state index in [-0.39, 0.29) is 23.2 Å². The van der Waals surface area contributed by atoms with Crippen molar-refractivity contribution in [2.75, 3.05) is 13.7 Å². The Morgan fingerprint density at radius 3 is 2.38 bits per heavy atom. The average molecular weight is 222 g/mol. The molecule has 1 atom stereocenters. The first-order valence-electron chi connectivity index (χ1n) is 5.45. The van der Waals surface area contributed by atoms with Gasteiger partial charge in [-0.15, -0.1) is 0 Å². The highest BCUT2D eigenvalue weighted by Gasteiger charge is 2.61. The van der Waals surface area contributed by atoms with Gasteiger partial charge in [-0.05, 0) is 29.5 Å². The molecule has 1 saturated carbocycles. The molecule has 0 aromatic heterocycles. The van der Waals surface area contributed by atoms with Gasteiger partial charge in [0, 0.05) is 5.41 Å². The fourth-order valence-electron chi connectivity index (χ4n) is 2.55. The molecule has 0 heterocycles. The summed E-state index contributed by atoms with van der Waals surface area (Å²) in [7, 11) is 1.53. The maximum atomic E-state index is 9.74. The molecule has 0 spiro atoms. The first-order valence-corrected chi connectivity index (χ1v) is 5.45. The number of aliphatic hydroxyl groups excluding tert-OH is 1. The zero-order valence-electron chi connectivity index (χ0n) is 9.95. The predicted molar refractivity (Wildman–Crippen MR) is 61.8 cm³/mol. The quantitative estimate of drug-likeness (QED) is 0.823. The number of aliphatic hydroxyl groups is 1. The van der Waals surface area contributed by atoms with Gasteiger partial charge in [0.1, 0.15) is 0 Å². The van der Waals surface area contributed by atoms with Gasteiger partial charge in [0.25, 0.3) is 0 Å². The molecular formula is C13H18O3. The summed E-state index contributed by atoms with van der Waals surface area (Å²) < 4.78 is 5.01. The van der Waals surface area contributed by atoms with Crippen LogP contribution < -0.4 is 4.74 Å². The highest BCUT2D eigenvalue weighted by atomic mass is 16.5. The maximum absolute atomic E-state index is 9.74. The third-order valence-corrected chi connectivity index (χ3v) is 3.92. The van der Waals surface area contributed by atoms with Crippen LogP contribution in [0.2, 0.25) is 0 Å². The van der Waals surface area contributed by atoms with E-state index < -0.39 is 0 Å². The van der Waals surface area contributed by atoms with Gasteiger partial charge in [-0.25, -0.2) is 0 Å². The number of hydrogen-bond acceptors (Lipinski definition) is 3. The molecule has 1 aromatic carbocycles. The molecule has 1 aliphatic carbocycles. The van der Waals surface area contributed by atoms with Crippen LogP contribution in [-0.2, 0) is 5.41 Å². The van der Waals surface area contributed by atoms with Crippen molar-refractivity contribution in [3.05, 3.63) is 23.8 Å². The molecule has 88 valence electrons. The van der Waals surface area contributed by atoms with E-state index in [0.29, 0.717) is 5.75 Å². The van der Waals surface area contributed by atoms with Crippen molar-refractivity contribution in [2.45, 2.75) is 25.7 Å². The van der Waals surface area contributed by atoms with Crippen molar-refractivity contribution >= 4 is 0 Å². The Balaban J connectivity index is 2.39. The standard InChI is InChI=1S/C13H18O3/c1-12(2)7-13(12,8-14)9-4-5-11(16-3)10(15)6-9/h4-6,14-15H,7-8H2,1-3H3. The molecule has 3 heteroatoms. The summed E-state index contributed by atoms with van der Waals surface area (Å²) in [6.07, 6.45) is 0.947. The molecule has 0 aliphatic heterocycles. The average Bonchev–Trinajstić information content (AvgIpc) is 2.82. The molecule has 2 rings (SSSR count). The minimum absolute atomic E-state index is 0.1000. The lowest BCUT2D eigenvalue weighted by Gasteiger charge is -2.19. The number of methoxy groups -OCH3 is 1. The van der Waals surface area contributed by atoms with Crippen LogP contribution in [0.3, 0.4) is 0 Å². The van der Waals surface area contributed by atoms with Crippen molar-refractivity contribution in [3.8, 4) is 11.5 Å². The zero-order valence-corrected chi connectivity index (χ0v) is 9.95. The van der Waals surface area contributed by atoms with E-state index in [0.717, 1.165) is 12.0 Å². The van der Waals surface area contributed by atoms with E-state index in [1.165, 1.54) is 7.11 Å². The number of benzene rings is 1. The van der Waals surface area contributed by atoms with E-state index in [1.54, 1.807) is 12.1 Å². The molecule has 1 aromatic rings. The van der Waals surface area contributed by atoms with Crippen LogP contribution in [0.5, 0.6) is 11.5 Å². The molecule has 16 heavy (non-hydrogen) atoms. The molecule has 0 amide bonds. The zero-order chi connectivity index (χ0) is 12.0. The molecule has 1 unspecified atom stereocenters. The number of ether oxygens (including phenoxy) is 1. The number of aromatic hydroxyl groups is 1. The summed E-state index contributed by atoms with van der Waals surface area (Å²) in [6.45, 7) is 4.38. The lowest BCUT2D eigenvalue weighted by molar-refractivity contribution is 0.231. The van der Waals surface area contributed by atoms with Crippen LogP contribution >= 0.6 is 0 Å². The van der Waals surface area contributed by atoms with Gasteiger partial charge in [-0.3, -0.25) is 0 Å². The van der Waals surface area contributed by atoms with Gasteiger partial charge in [-0.2, -0.15) is 0 Å². The Kier molecular flexibility index (Phi) is 2.39. The van der Waals surface area contributed by atoms with E-state index in [1.807, 2.05) is 6.07 Å². The molecule has 0 radical (unpaired) electrons. The van der Waals surface area contributed by atoms with Crippen molar-refractivity contribution in [1.82, 2.24) is 0 Å². The summed E-state index contributed by atoms with van der Waals surface area (Å²) in [6, 6.07) is 5.36. The van der Waals surface area contributed by atoms with Gasteiger partial charge in [0.2, 0.25) is 0 Å². The van der Waals surface area contributed by atoms with Crippen molar-refractivity contribution in [3.63, 3.8) is 0 Å². The second-order valence-electron chi connectivity index (χ2n) is 5.19. The minimum Gasteiger partial charge on any atom is -0.504 e. The van der Waals surface area contributed by atoms with Crippen molar-refractivity contribution in [2.24, 2.45) is 5.41 Å². The molecule has 0 saturated heterocycles. The first-order chi connectivity index (χ1) is 7.47. The van der Waals surface area contributed by atoms with Gasteiger partial charge >= 0.3 is 0 Å². The molecule has 0 bridgehead atoms. The Morgan fingerprint density at radius 1 is 1.38 bits per heavy atom. The van der Waals surface area contributed by atoms with E-state index in [2.05, 4.69) is 13.8 Å². The number of rotatable bonds is 3. The van der Waals surface area contributed by atoms with Gasteiger partial charge in [0.05, 0.1) is 13.7 Å². The number of hydrogen-bond donors (Lipinski definition) is 2. The first kappa shape index (κ1) is 11.3. The molecule has 3 nitrogen and oxygen atoms in total. The normalized spacial score (nSPS) is 26.5.